The number of aromatic nitrogens is 4. The van der Waals surface area contributed by atoms with Gasteiger partial charge in [0.1, 0.15) is 17.5 Å². The summed E-state index contributed by atoms with van der Waals surface area (Å²) in [7, 11) is 2.05. The molecule has 0 saturated heterocycles. The number of hydrogen-bond donors (Lipinski definition) is 1. The molecule has 1 aliphatic rings. The molecular weight excluding hydrogens is 288 g/mol. The first-order valence-electron chi connectivity index (χ1n) is 8.34. The summed E-state index contributed by atoms with van der Waals surface area (Å²) in [5.41, 5.74) is 2.48. The van der Waals surface area contributed by atoms with Crippen LogP contribution >= 0.6 is 0 Å². The number of fused-ring (bicyclic) bond motifs is 1. The molecule has 0 fully saturated rings. The second kappa shape index (κ2) is 6.66. The molecule has 0 atom stereocenters. The molecule has 3 rings (SSSR count). The fourth-order valence-corrected chi connectivity index (χ4v) is 3.07. The minimum atomic E-state index is 0.375. The Bertz CT molecular complexity index is 676. The number of hydrogen-bond acceptors (Lipinski definition) is 5. The quantitative estimate of drug-likeness (QED) is 0.934. The number of nitrogens with one attached hydrogen (secondary N) is 1. The summed E-state index contributed by atoms with van der Waals surface area (Å²) in [5.74, 6) is 2.98. The Labute approximate surface area is 138 Å². The molecule has 124 valence electrons. The van der Waals surface area contributed by atoms with E-state index in [2.05, 4.69) is 45.6 Å². The van der Waals surface area contributed by atoms with Crippen molar-refractivity contribution < 1.29 is 0 Å². The lowest BCUT2D eigenvalue weighted by molar-refractivity contribution is 0.269. The van der Waals surface area contributed by atoms with Crippen LogP contribution in [0.1, 0.15) is 36.8 Å². The first kappa shape index (κ1) is 15.9. The van der Waals surface area contributed by atoms with Crippen molar-refractivity contribution in [2.24, 2.45) is 7.05 Å². The predicted octanol–water partition coefficient (Wildman–Crippen LogP) is 1.94. The Morgan fingerprint density at radius 3 is 2.70 bits per heavy atom. The third kappa shape index (κ3) is 3.69. The van der Waals surface area contributed by atoms with Crippen molar-refractivity contribution in [3.8, 4) is 0 Å². The smallest absolute Gasteiger partial charge is 0.133 e. The monoisotopic (exact) mass is 314 g/mol. The fraction of sp³-hybridized carbons (Fsp3) is 0.588. The molecule has 0 unspecified atom stereocenters. The Morgan fingerprint density at radius 2 is 2.00 bits per heavy atom. The van der Waals surface area contributed by atoms with Gasteiger partial charge in [0.2, 0.25) is 0 Å². The van der Waals surface area contributed by atoms with E-state index in [4.69, 9.17) is 4.98 Å². The SMILES string of the molecule is Cc1nc2c(c(NC(C)C)n1)CCN(Cc1nccn1C)CC2. The zero-order valence-corrected chi connectivity index (χ0v) is 14.5. The molecule has 0 aromatic carbocycles. The van der Waals surface area contributed by atoms with Crippen LogP contribution in [0.3, 0.4) is 0 Å². The van der Waals surface area contributed by atoms with Crippen molar-refractivity contribution >= 4 is 5.82 Å². The lowest BCUT2D eigenvalue weighted by Crippen LogP contribution is -2.27. The van der Waals surface area contributed by atoms with Gasteiger partial charge in [-0.15, -0.1) is 0 Å². The lowest BCUT2D eigenvalue weighted by Gasteiger charge is -2.19. The summed E-state index contributed by atoms with van der Waals surface area (Å²) in [5, 5.41) is 3.48. The van der Waals surface area contributed by atoms with E-state index in [0.29, 0.717) is 6.04 Å². The highest BCUT2D eigenvalue weighted by Gasteiger charge is 2.20. The fourth-order valence-electron chi connectivity index (χ4n) is 3.07. The largest absolute Gasteiger partial charge is 0.368 e. The van der Waals surface area contributed by atoms with Crippen LogP contribution in [-0.2, 0) is 26.4 Å². The molecule has 0 amide bonds. The highest BCUT2D eigenvalue weighted by atomic mass is 15.2. The average molecular weight is 314 g/mol. The zero-order chi connectivity index (χ0) is 16.4. The number of aryl methyl sites for hydroxylation is 2. The molecule has 1 N–H and O–H groups in total. The van der Waals surface area contributed by atoms with Gasteiger partial charge in [-0.25, -0.2) is 15.0 Å². The van der Waals surface area contributed by atoms with Gasteiger partial charge in [-0.3, -0.25) is 4.90 Å². The van der Waals surface area contributed by atoms with Crippen molar-refractivity contribution in [2.45, 2.75) is 46.2 Å². The second-order valence-electron chi connectivity index (χ2n) is 6.57. The molecule has 0 aliphatic carbocycles. The molecule has 0 radical (unpaired) electrons. The van der Waals surface area contributed by atoms with Gasteiger partial charge in [-0.1, -0.05) is 0 Å². The molecule has 3 heterocycles. The van der Waals surface area contributed by atoms with E-state index < -0.39 is 0 Å². The first-order chi connectivity index (χ1) is 11.0. The molecule has 0 bridgehead atoms. The van der Waals surface area contributed by atoms with Gasteiger partial charge >= 0.3 is 0 Å². The van der Waals surface area contributed by atoms with Crippen LogP contribution in [0.25, 0.3) is 0 Å². The van der Waals surface area contributed by atoms with Crippen LogP contribution in [0.15, 0.2) is 12.4 Å². The zero-order valence-electron chi connectivity index (χ0n) is 14.5. The molecular formula is C17H26N6. The van der Waals surface area contributed by atoms with E-state index in [-0.39, 0.29) is 0 Å². The van der Waals surface area contributed by atoms with Crippen LogP contribution in [0.2, 0.25) is 0 Å². The molecule has 0 spiro atoms. The molecule has 6 heteroatoms. The summed E-state index contributed by atoms with van der Waals surface area (Å²) in [4.78, 5) is 16.2. The number of anilines is 1. The number of imidazole rings is 1. The molecule has 1 aliphatic heterocycles. The summed E-state index contributed by atoms with van der Waals surface area (Å²) in [6, 6.07) is 0.375. The van der Waals surface area contributed by atoms with Crippen LogP contribution in [0.4, 0.5) is 5.82 Å². The van der Waals surface area contributed by atoms with E-state index >= 15 is 0 Å². The normalized spacial score (nSPS) is 15.5. The average Bonchev–Trinajstić information content (AvgIpc) is 2.76. The Morgan fingerprint density at radius 1 is 1.22 bits per heavy atom. The molecule has 0 saturated carbocycles. The van der Waals surface area contributed by atoms with E-state index in [1.54, 1.807) is 0 Å². The number of rotatable bonds is 4. The minimum absolute atomic E-state index is 0.375. The first-order valence-corrected chi connectivity index (χ1v) is 8.34. The molecule has 2 aromatic heterocycles. The summed E-state index contributed by atoms with van der Waals surface area (Å²) < 4.78 is 2.09. The maximum absolute atomic E-state index is 4.69. The topological polar surface area (TPSA) is 58.9 Å². The molecule has 23 heavy (non-hydrogen) atoms. The maximum atomic E-state index is 4.69. The highest BCUT2D eigenvalue weighted by molar-refractivity contribution is 5.48. The van der Waals surface area contributed by atoms with Gasteiger partial charge in [-0.2, -0.15) is 0 Å². The van der Waals surface area contributed by atoms with E-state index in [0.717, 1.165) is 49.9 Å². The third-order valence-electron chi connectivity index (χ3n) is 4.26. The minimum Gasteiger partial charge on any atom is -0.368 e. The Kier molecular flexibility index (Phi) is 4.61. The number of nitrogens with zero attached hydrogens (tertiary/aromatic N) is 5. The van der Waals surface area contributed by atoms with E-state index in [9.17, 15) is 0 Å². The standard InChI is InChI=1S/C17H26N6/c1-12(2)19-17-14-5-8-23(11-16-18-7-10-22(16)4)9-6-15(14)20-13(3)21-17/h7,10,12H,5-6,8-9,11H2,1-4H3,(H,19,20,21). The van der Waals surface area contributed by atoms with E-state index in [1.165, 1.54) is 11.3 Å². The van der Waals surface area contributed by atoms with Gasteiger partial charge in [0.25, 0.3) is 0 Å². The van der Waals surface area contributed by atoms with E-state index in [1.807, 2.05) is 19.3 Å². The highest BCUT2D eigenvalue weighted by Crippen LogP contribution is 2.22. The van der Waals surface area contributed by atoms with Crippen LogP contribution in [0, 0.1) is 6.92 Å². The van der Waals surface area contributed by atoms with Gasteiger partial charge in [0.05, 0.1) is 12.2 Å². The Hall–Kier alpha value is -1.95. The van der Waals surface area contributed by atoms with Gasteiger partial charge in [0.15, 0.2) is 0 Å². The van der Waals surface area contributed by atoms with Crippen LogP contribution in [-0.4, -0.2) is 43.6 Å². The lowest BCUT2D eigenvalue weighted by atomic mass is 10.1. The second-order valence-corrected chi connectivity index (χ2v) is 6.57. The van der Waals surface area contributed by atoms with Crippen LogP contribution in [0.5, 0.6) is 0 Å². The van der Waals surface area contributed by atoms with Crippen molar-refractivity contribution in [3.63, 3.8) is 0 Å². The van der Waals surface area contributed by atoms with Crippen molar-refractivity contribution in [3.05, 3.63) is 35.3 Å². The summed E-state index contributed by atoms with van der Waals surface area (Å²) >= 11 is 0. The summed E-state index contributed by atoms with van der Waals surface area (Å²) in [6.45, 7) is 9.18. The van der Waals surface area contributed by atoms with Crippen LogP contribution < -0.4 is 5.32 Å². The van der Waals surface area contributed by atoms with Gasteiger partial charge in [-0.05, 0) is 27.2 Å². The Balaban J connectivity index is 1.78. The predicted molar refractivity (Wildman–Crippen MR) is 91.4 cm³/mol. The molecule has 2 aromatic rings. The maximum Gasteiger partial charge on any atom is 0.133 e. The van der Waals surface area contributed by atoms with Gasteiger partial charge < -0.3 is 9.88 Å². The van der Waals surface area contributed by atoms with Crippen molar-refractivity contribution in [2.75, 3.05) is 18.4 Å². The third-order valence-corrected chi connectivity index (χ3v) is 4.26. The summed E-state index contributed by atoms with van der Waals surface area (Å²) in [6.07, 6.45) is 5.81. The molecule has 6 nitrogen and oxygen atoms in total. The van der Waals surface area contributed by atoms with Gasteiger partial charge in [0, 0.05) is 50.6 Å². The van der Waals surface area contributed by atoms with Crippen molar-refractivity contribution in [1.29, 1.82) is 0 Å². The van der Waals surface area contributed by atoms with Crippen molar-refractivity contribution in [1.82, 2.24) is 24.4 Å².